The number of ether oxygens (including phenoxy) is 1. The van der Waals surface area contributed by atoms with E-state index >= 15 is 0 Å². The summed E-state index contributed by atoms with van der Waals surface area (Å²) in [5, 5.41) is 0. The highest BCUT2D eigenvalue weighted by Crippen LogP contribution is 2.69. The van der Waals surface area contributed by atoms with Crippen LogP contribution in [0.3, 0.4) is 0 Å². The summed E-state index contributed by atoms with van der Waals surface area (Å²) < 4.78 is 7.10. The van der Waals surface area contributed by atoms with Crippen LogP contribution in [0.1, 0.15) is 57.9 Å². The van der Waals surface area contributed by atoms with Gasteiger partial charge in [-0.1, -0.05) is 41.9 Å². The molecule has 2 unspecified atom stereocenters. The zero-order chi connectivity index (χ0) is 18.0. The summed E-state index contributed by atoms with van der Waals surface area (Å²) in [6.07, 6.45) is 8.48. The van der Waals surface area contributed by atoms with Gasteiger partial charge in [-0.25, -0.2) is 0 Å². The third-order valence-corrected chi connectivity index (χ3v) is 7.67. The lowest BCUT2D eigenvalue weighted by Crippen LogP contribution is -2.56. The second kappa shape index (κ2) is 5.61. The molecule has 136 valence electrons. The van der Waals surface area contributed by atoms with Crippen LogP contribution in [0.25, 0.3) is 0 Å². The standard InChI is InChI=1S/C24H27BrO/c1-22-11-17-12-23(2,14-22)16-24(13-17,15-22)18-3-7-20(8-4-18)26-21-9-5-19(25)6-10-21/h3-10,17H,11-16H2,1-2H3. The quantitative estimate of drug-likeness (QED) is 0.508. The second-order valence-corrected chi connectivity index (χ2v) is 10.9. The molecule has 0 aliphatic heterocycles. The monoisotopic (exact) mass is 410 g/mol. The van der Waals surface area contributed by atoms with Gasteiger partial charge in [0.1, 0.15) is 11.5 Å². The average Bonchev–Trinajstić information content (AvgIpc) is 2.54. The van der Waals surface area contributed by atoms with E-state index in [1.165, 1.54) is 38.5 Å². The van der Waals surface area contributed by atoms with Gasteiger partial charge in [-0.2, -0.15) is 0 Å². The van der Waals surface area contributed by atoms with Crippen LogP contribution in [0, 0.1) is 16.7 Å². The van der Waals surface area contributed by atoms with E-state index < -0.39 is 0 Å². The summed E-state index contributed by atoms with van der Waals surface area (Å²) in [6.45, 7) is 5.10. The van der Waals surface area contributed by atoms with Crippen LogP contribution in [-0.4, -0.2) is 0 Å². The summed E-state index contributed by atoms with van der Waals surface area (Å²) in [5.74, 6) is 2.74. The molecule has 0 amide bonds. The fourth-order valence-electron chi connectivity index (χ4n) is 7.28. The van der Waals surface area contributed by atoms with Crippen molar-refractivity contribution in [2.45, 2.75) is 57.8 Å². The first-order valence-corrected chi connectivity index (χ1v) is 10.7. The van der Waals surface area contributed by atoms with Crippen molar-refractivity contribution in [1.82, 2.24) is 0 Å². The Balaban J connectivity index is 1.41. The van der Waals surface area contributed by atoms with E-state index in [4.69, 9.17) is 4.74 Å². The van der Waals surface area contributed by atoms with Gasteiger partial charge < -0.3 is 4.74 Å². The Morgan fingerprint density at radius 2 is 1.31 bits per heavy atom. The Kier molecular flexibility index (Phi) is 3.64. The van der Waals surface area contributed by atoms with Crippen molar-refractivity contribution in [2.75, 3.05) is 0 Å². The molecule has 0 saturated heterocycles. The van der Waals surface area contributed by atoms with Crippen molar-refractivity contribution in [3.05, 3.63) is 58.6 Å². The summed E-state index contributed by atoms with van der Waals surface area (Å²) in [5.41, 5.74) is 3.06. The second-order valence-electron chi connectivity index (χ2n) is 9.99. The van der Waals surface area contributed by atoms with Crippen molar-refractivity contribution in [1.29, 1.82) is 0 Å². The normalized spacial score (nSPS) is 37.7. The zero-order valence-corrected chi connectivity index (χ0v) is 17.3. The predicted molar refractivity (Wildman–Crippen MR) is 110 cm³/mol. The first-order chi connectivity index (χ1) is 12.4. The smallest absolute Gasteiger partial charge is 0.127 e. The molecular weight excluding hydrogens is 384 g/mol. The predicted octanol–water partition coefficient (Wildman–Crippen LogP) is 7.49. The molecule has 2 atom stereocenters. The molecule has 2 aromatic carbocycles. The molecule has 0 radical (unpaired) electrons. The first-order valence-electron chi connectivity index (χ1n) is 9.90. The van der Waals surface area contributed by atoms with Crippen molar-refractivity contribution in [2.24, 2.45) is 16.7 Å². The largest absolute Gasteiger partial charge is 0.457 e. The maximum atomic E-state index is 6.03. The van der Waals surface area contributed by atoms with E-state index in [1.807, 2.05) is 24.3 Å². The molecule has 4 fully saturated rings. The van der Waals surface area contributed by atoms with Gasteiger partial charge in [0.05, 0.1) is 0 Å². The third-order valence-electron chi connectivity index (χ3n) is 7.14. The number of rotatable bonds is 3. The van der Waals surface area contributed by atoms with Gasteiger partial charge in [-0.05, 0) is 103 Å². The zero-order valence-electron chi connectivity index (χ0n) is 15.7. The number of benzene rings is 2. The van der Waals surface area contributed by atoms with E-state index in [0.29, 0.717) is 16.2 Å². The van der Waals surface area contributed by atoms with Crippen molar-refractivity contribution in [3.63, 3.8) is 0 Å². The van der Waals surface area contributed by atoms with Crippen LogP contribution in [0.15, 0.2) is 53.0 Å². The number of hydrogen-bond donors (Lipinski definition) is 0. The maximum absolute atomic E-state index is 6.03. The molecule has 4 saturated carbocycles. The van der Waals surface area contributed by atoms with E-state index in [1.54, 1.807) is 5.56 Å². The minimum absolute atomic E-state index is 0.402. The van der Waals surface area contributed by atoms with Gasteiger partial charge in [0, 0.05) is 4.47 Å². The Morgan fingerprint density at radius 3 is 1.85 bits per heavy atom. The molecule has 6 rings (SSSR count). The van der Waals surface area contributed by atoms with Gasteiger partial charge in [-0.15, -0.1) is 0 Å². The molecule has 0 spiro atoms. The lowest BCUT2D eigenvalue weighted by atomic mass is 9.39. The molecule has 4 aliphatic rings. The molecule has 0 aromatic heterocycles. The molecule has 4 bridgehead atoms. The van der Waals surface area contributed by atoms with Gasteiger partial charge in [0.2, 0.25) is 0 Å². The Labute approximate surface area is 165 Å². The van der Waals surface area contributed by atoms with E-state index in [9.17, 15) is 0 Å². The van der Waals surface area contributed by atoms with Crippen molar-refractivity contribution in [3.8, 4) is 11.5 Å². The topological polar surface area (TPSA) is 9.23 Å². The van der Waals surface area contributed by atoms with Crippen molar-refractivity contribution >= 4 is 15.9 Å². The summed E-state index contributed by atoms with van der Waals surface area (Å²) in [4.78, 5) is 0. The van der Waals surface area contributed by atoms with Crippen LogP contribution in [0.2, 0.25) is 0 Å². The lowest BCUT2D eigenvalue weighted by molar-refractivity contribution is -0.110. The molecule has 2 aromatic rings. The van der Waals surface area contributed by atoms with Gasteiger partial charge in [0.15, 0.2) is 0 Å². The highest BCUT2D eigenvalue weighted by atomic mass is 79.9. The Bertz CT molecular complexity index is 804. The number of hydrogen-bond acceptors (Lipinski definition) is 1. The maximum Gasteiger partial charge on any atom is 0.127 e. The molecule has 2 heteroatoms. The minimum atomic E-state index is 0.402. The fourth-order valence-corrected chi connectivity index (χ4v) is 7.55. The Hall–Kier alpha value is -1.28. The Morgan fingerprint density at radius 1 is 0.769 bits per heavy atom. The van der Waals surface area contributed by atoms with Gasteiger partial charge >= 0.3 is 0 Å². The summed E-state index contributed by atoms with van der Waals surface area (Å²) in [7, 11) is 0. The van der Waals surface area contributed by atoms with Crippen LogP contribution < -0.4 is 4.74 Å². The van der Waals surface area contributed by atoms with Crippen LogP contribution in [0.5, 0.6) is 11.5 Å². The van der Waals surface area contributed by atoms with Gasteiger partial charge in [0.25, 0.3) is 0 Å². The summed E-state index contributed by atoms with van der Waals surface area (Å²) in [6, 6.07) is 17.0. The highest BCUT2D eigenvalue weighted by Gasteiger charge is 2.60. The van der Waals surface area contributed by atoms with Crippen molar-refractivity contribution < 1.29 is 4.74 Å². The van der Waals surface area contributed by atoms with E-state index in [2.05, 4.69) is 54.0 Å². The van der Waals surface area contributed by atoms with Crippen LogP contribution in [0.4, 0.5) is 0 Å². The molecule has 0 N–H and O–H groups in total. The van der Waals surface area contributed by atoms with E-state index in [-0.39, 0.29) is 0 Å². The summed E-state index contributed by atoms with van der Waals surface area (Å²) >= 11 is 3.47. The first kappa shape index (κ1) is 16.9. The van der Waals surface area contributed by atoms with Gasteiger partial charge in [-0.3, -0.25) is 0 Å². The minimum Gasteiger partial charge on any atom is -0.457 e. The van der Waals surface area contributed by atoms with E-state index in [0.717, 1.165) is 21.9 Å². The average molecular weight is 411 g/mol. The fraction of sp³-hybridized carbons (Fsp3) is 0.500. The van der Waals surface area contributed by atoms with Crippen LogP contribution >= 0.6 is 15.9 Å². The third kappa shape index (κ3) is 2.81. The highest BCUT2D eigenvalue weighted by molar-refractivity contribution is 9.10. The SMILES string of the molecule is CC12CC3CC(C)(C1)CC(c1ccc(Oc4ccc(Br)cc4)cc1)(C3)C2. The number of halogens is 1. The molecule has 0 heterocycles. The molecule has 4 aliphatic carbocycles. The van der Waals surface area contributed by atoms with Crippen LogP contribution in [-0.2, 0) is 5.41 Å². The molecule has 26 heavy (non-hydrogen) atoms. The lowest BCUT2D eigenvalue weighted by Gasteiger charge is -2.65. The molecule has 1 nitrogen and oxygen atoms in total. The molecular formula is C24H27BrO.